The Morgan fingerprint density at radius 3 is 1.55 bits per heavy atom. The first-order valence-corrected chi connectivity index (χ1v) is 15.4. The molecule has 0 amide bonds. The molecule has 31 heavy (non-hydrogen) atoms. The molecule has 7 nitrogen and oxygen atoms in total. The van der Waals surface area contributed by atoms with Gasteiger partial charge in [-0.05, 0) is 0 Å². The van der Waals surface area contributed by atoms with Gasteiger partial charge in [0.25, 0.3) is 10.1 Å². The zero-order valence-corrected chi connectivity index (χ0v) is 23.4. The molecular formula is C22H41KO7S. The van der Waals surface area contributed by atoms with Gasteiger partial charge in [-0.1, -0.05) is 39.0 Å². The quantitative estimate of drug-likeness (QED) is 0.0959. The maximum Gasteiger partial charge on any atom is 0.325 e. The van der Waals surface area contributed by atoms with Crippen molar-refractivity contribution in [2.24, 2.45) is 0 Å². The van der Waals surface area contributed by atoms with Crippen LogP contribution in [-0.4, -0.2) is 89.3 Å². The third-order valence-corrected chi connectivity index (χ3v) is 7.05. The van der Waals surface area contributed by atoms with Crippen LogP contribution in [0, 0.1) is 0 Å². The fourth-order valence-electron chi connectivity index (χ4n) is 2.98. The van der Waals surface area contributed by atoms with Gasteiger partial charge in [-0.25, -0.2) is 0 Å². The average Bonchev–Trinajstić information content (AvgIpc) is 2.68. The first-order valence-electron chi connectivity index (χ1n) is 11.7. The molecule has 0 bridgehead atoms. The molecule has 3 N–H and O–H groups in total. The number of allylic oxidation sites excluding steroid dienone is 2. The van der Waals surface area contributed by atoms with Crippen molar-refractivity contribution in [2.75, 3.05) is 0 Å². The number of rotatable bonds is 19. The number of aliphatic carboxylic acids is 2. The maximum absolute atomic E-state index is 10.2. The molecule has 178 valence electrons. The van der Waals surface area contributed by atoms with E-state index in [2.05, 4.69) is 19.1 Å². The second-order valence-electron chi connectivity index (χ2n) is 7.88. The molecule has 0 aromatic rings. The van der Waals surface area contributed by atoms with E-state index in [1.54, 1.807) is 0.515 Å². The minimum Gasteiger partial charge on any atom is -0.481 e. The standard InChI is InChI=1S/C18H35.C4H6O7S.K/c1-3-5-7-9-11-13-15-17-18-16-14-12-10-8-6-4-2;5-3(6)1-2(4(7)8)12(9,10)11;/h17-18H,1,3-16H2,2H3;2H,1H2,(H,5,6)(H,7,8)(H,9,10,11);. The average molecular weight is 489 g/mol. The van der Waals surface area contributed by atoms with Crippen LogP contribution in [0.1, 0.15) is 103 Å². The van der Waals surface area contributed by atoms with Gasteiger partial charge in [0.15, 0.2) is 5.25 Å². The number of carboxylic acids is 2. The predicted molar refractivity (Wildman–Crippen MR) is 125 cm³/mol. The summed E-state index contributed by atoms with van der Waals surface area (Å²) in [7, 11) is -4.84. The summed E-state index contributed by atoms with van der Waals surface area (Å²) in [6, 6.07) is 0. The molecule has 0 aromatic carbocycles. The minimum absolute atomic E-state index is 1.09. The predicted octanol–water partition coefficient (Wildman–Crippen LogP) is 5.41. The van der Waals surface area contributed by atoms with E-state index in [0.29, 0.717) is 0 Å². The molecular weight excluding hydrogens is 447 g/mol. The van der Waals surface area contributed by atoms with Gasteiger partial charge in [0.2, 0.25) is 0 Å². The molecule has 0 aliphatic carbocycles. The fraction of sp³-hybridized carbons (Fsp3) is 0.818. The number of carbonyl (C=O) groups is 2. The Morgan fingerprint density at radius 2 is 1.23 bits per heavy atom. The Bertz CT molecular complexity index is 576. The van der Waals surface area contributed by atoms with Crippen molar-refractivity contribution in [3.8, 4) is 0 Å². The molecule has 1 atom stereocenters. The summed E-state index contributed by atoms with van der Waals surface area (Å²) in [4.78, 5) is 20.0. The van der Waals surface area contributed by atoms with E-state index in [1.165, 1.54) is 89.9 Å². The molecule has 0 aliphatic heterocycles. The van der Waals surface area contributed by atoms with Crippen LogP contribution in [0.25, 0.3) is 0 Å². The SMILES string of the molecule is CCCCCCCCC=CCCCCCCC[CH2][K].O=C(O)CC(C(=O)O)S(=O)(=O)O. The molecule has 9 heteroatoms. The van der Waals surface area contributed by atoms with Gasteiger partial charge in [-0.3, -0.25) is 14.1 Å². The summed E-state index contributed by atoms with van der Waals surface area (Å²) in [6.45, 7) is 2.29. The summed E-state index contributed by atoms with van der Waals surface area (Å²) < 4.78 is 30.2. The Kier molecular flexibility index (Phi) is 25.2. The van der Waals surface area contributed by atoms with Gasteiger partial charge in [-0.2, -0.15) is 8.42 Å². The second-order valence-corrected chi connectivity index (χ2v) is 11.0. The Balaban J connectivity index is 0. The molecule has 0 aromatic heterocycles. The fourth-order valence-corrected chi connectivity index (χ4v) is 4.36. The molecule has 0 saturated heterocycles. The van der Waals surface area contributed by atoms with Crippen LogP contribution in [0.2, 0.25) is 0.515 Å². The monoisotopic (exact) mass is 488 g/mol. The van der Waals surface area contributed by atoms with Gasteiger partial charge in [-0.15, -0.1) is 0 Å². The van der Waals surface area contributed by atoms with Gasteiger partial charge in [0.05, 0.1) is 6.42 Å². The summed E-state index contributed by atoms with van der Waals surface area (Å²) in [5.41, 5.74) is 0. The van der Waals surface area contributed by atoms with Gasteiger partial charge in [0.1, 0.15) is 0 Å². The zero-order valence-electron chi connectivity index (χ0n) is 19.4. The maximum atomic E-state index is 10.2. The van der Waals surface area contributed by atoms with Gasteiger partial charge in [0, 0.05) is 0 Å². The summed E-state index contributed by atoms with van der Waals surface area (Å²) in [5.74, 6) is -3.50. The van der Waals surface area contributed by atoms with E-state index in [9.17, 15) is 18.0 Å². The van der Waals surface area contributed by atoms with Crippen molar-refractivity contribution >= 4 is 71.0 Å². The Hall–Kier alpha value is 0.226. The summed E-state index contributed by atoms with van der Waals surface area (Å²) in [6.07, 6.45) is 23.7. The molecule has 0 radical (unpaired) electrons. The van der Waals surface area contributed by atoms with E-state index in [-0.39, 0.29) is 0 Å². The molecule has 0 heterocycles. The van der Waals surface area contributed by atoms with Crippen molar-refractivity contribution in [3.63, 3.8) is 0 Å². The van der Waals surface area contributed by atoms with Crippen LogP contribution >= 0.6 is 0 Å². The van der Waals surface area contributed by atoms with Crippen LogP contribution in [-0.2, 0) is 19.7 Å². The third kappa shape index (κ3) is 26.4. The van der Waals surface area contributed by atoms with E-state index in [4.69, 9.17) is 14.8 Å². The van der Waals surface area contributed by atoms with Crippen LogP contribution in [0.4, 0.5) is 0 Å². The Morgan fingerprint density at radius 1 is 0.806 bits per heavy atom. The van der Waals surface area contributed by atoms with Crippen molar-refractivity contribution in [3.05, 3.63) is 12.2 Å². The number of unbranched alkanes of at least 4 members (excludes halogenated alkanes) is 12. The largest absolute Gasteiger partial charge is 0.481 e. The van der Waals surface area contributed by atoms with Crippen LogP contribution in [0.5, 0.6) is 0 Å². The minimum atomic E-state index is -4.84. The zero-order chi connectivity index (χ0) is 24.0. The van der Waals surface area contributed by atoms with Crippen molar-refractivity contribution in [1.82, 2.24) is 0 Å². The van der Waals surface area contributed by atoms with Crippen molar-refractivity contribution in [1.29, 1.82) is 0 Å². The number of hydrogen-bond acceptors (Lipinski definition) is 4. The first kappa shape index (κ1) is 33.4. The molecule has 0 rings (SSSR count). The molecule has 0 aliphatic rings. The normalized spacial score (nSPS) is 12.4. The number of hydrogen-bond donors (Lipinski definition) is 3. The van der Waals surface area contributed by atoms with Crippen molar-refractivity contribution in [2.45, 2.75) is 109 Å². The summed E-state index contributed by atoms with van der Waals surface area (Å²) >= 11 is 1.09. The van der Waals surface area contributed by atoms with E-state index in [0.717, 1.165) is 49.0 Å². The summed E-state index contributed by atoms with van der Waals surface area (Å²) in [5, 5.41) is 13.9. The molecule has 0 fully saturated rings. The number of carboxylic acid groups (broad SMARTS) is 2. The van der Waals surface area contributed by atoms with Crippen LogP contribution in [0.15, 0.2) is 12.2 Å². The molecule has 1 unspecified atom stereocenters. The van der Waals surface area contributed by atoms with Gasteiger partial charge >= 0.3 is 131 Å². The van der Waals surface area contributed by atoms with Crippen LogP contribution < -0.4 is 0 Å². The third-order valence-electron chi connectivity index (χ3n) is 4.86. The van der Waals surface area contributed by atoms with E-state index >= 15 is 0 Å². The van der Waals surface area contributed by atoms with E-state index < -0.39 is 33.7 Å². The second kappa shape index (κ2) is 23.4. The topological polar surface area (TPSA) is 129 Å². The smallest absolute Gasteiger partial charge is 0.325 e. The molecule has 0 saturated carbocycles. The van der Waals surface area contributed by atoms with Gasteiger partial charge < -0.3 is 10.2 Å². The van der Waals surface area contributed by atoms with E-state index in [1.807, 2.05) is 0 Å². The first-order chi connectivity index (χ1) is 14.7. The van der Waals surface area contributed by atoms with Crippen LogP contribution in [0.3, 0.4) is 0 Å². The Labute approximate surface area is 222 Å². The molecule has 0 spiro atoms. The van der Waals surface area contributed by atoms with Crippen molar-refractivity contribution < 1.29 is 32.8 Å².